The lowest BCUT2D eigenvalue weighted by molar-refractivity contribution is -0.0193. The summed E-state index contributed by atoms with van der Waals surface area (Å²) in [6.45, 7) is 14.0. The van der Waals surface area contributed by atoms with Crippen molar-refractivity contribution in [2.45, 2.75) is 71.6 Å². The Kier molecular flexibility index (Phi) is 6.09. The molecule has 0 aromatic carbocycles. The minimum Gasteiger partial charge on any atom is -0.376 e. The van der Waals surface area contributed by atoms with Crippen LogP contribution in [-0.2, 0) is 4.74 Å². The fourth-order valence-corrected chi connectivity index (χ4v) is 3.35. The largest absolute Gasteiger partial charge is 0.376 e. The van der Waals surface area contributed by atoms with Crippen LogP contribution in [0, 0.1) is 5.92 Å². The average Bonchev–Trinajstić information content (AvgIpc) is 2.71. The highest BCUT2D eigenvalue weighted by Gasteiger charge is 2.47. The molecule has 0 radical (unpaired) electrons. The first-order valence-corrected chi connectivity index (χ1v) is 7.60. The Hall–Kier alpha value is -0.120. The second-order valence-electron chi connectivity index (χ2n) is 6.09. The normalized spacial score (nSPS) is 28.8. The third-order valence-electron chi connectivity index (χ3n) is 4.53. The summed E-state index contributed by atoms with van der Waals surface area (Å²) in [6, 6.07) is 0.625. The van der Waals surface area contributed by atoms with Gasteiger partial charge in [-0.15, -0.1) is 0 Å². The molecule has 0 aromatic heterocycles. The summed E-state index contributed by atoms with van der Waals surface area (Å²) >= 11 is 0. The van der Waals surface area contributed by atoms with Crippen molar-refractivity contribution < 1.29 is 4.74 Å². The van der Waals surface area contributed by atoms with Crippen LogP contribution in [0.1, 0.15) is 53.9 Å². The van der Waals surface area contributed by atoms with Crippen LogP contribution in [0.5, 0.6) is 0 Å². The van der Waals surface area contributed by atoms with Crippen LogP contribution in [0.4, 0.5) is 0 Å². The molecule has 1 rings (SSSR count). The van der Waals surface area contributed by atoms with Gasteiger partial charge in [-0.25, -0.2) is 0 Å². The number of ether oxygens (including phenoxy) is 1. The summed E-state index contributed by atoms with van der Waals surface area (Å²) in [6.07, 6.45) is 3.71. The fraction of sp³-hybridized carbons (Fsp3) is 1.00. The van der Waals surface area contributed by atoms with E-state index < -0.39 is 0 Å². The summed E-state index contributed by atoms with van der Waals surface area (Å²) in [5, 5.41) is 0. The second kappa shape index (κ2) is 6.88. The predicted molar refractivity (Wildman–Crippen MR) is 77.7 cm³/mol. The van der Waals surface area contributed by atoms with E-state index in [1.165, 1.54) is 12.8 Å². The van der Waals surface area contributed by atoms with Crippen molar-refractivity contribution in [3.63, 3.8) is 0 Å². The van der Waals surface area contributed by atoms with Gasteiger partial charge in [0.1, 0.15) is 0 Å². The van der Waals surface area contributed by atoms with Gasteiger partial charge in [-0.05, 0) is 32.1 Å². The van der Waals surface area contributed by atoms with E-state index in [4.69, 9.17) is 10.5 Å². The average molecular weight is 256 g/mol. The first-order chi connectivity index (χ1) is 8.51. The summed E-state index contributed by atoms with van der Waals surface area (Å²) in [7, 11) is 0. The zero-order valence-electron chi connectivity index (χ0n) is 12.9. The first-order valence-electron chi connectivity index (χ1n) is 7.60. The molecule has 0 bridgehead atoms. The highest BCUT2D eigenvalue weighted by atomic mass is 16.5. The third-order valence-corrected chi connectivity index (χ3v) is 4.53. The van der Waals surface area contributed by atoms with Crippen molar-refractivity contribution in [2.24, 2.45) is 11.7 Å². The molecule has 2 N–H and O–H groups in total. The highest BCUT2D eigenvalue weighted by Crippen LogP contribution is 2.35. The molecule has 1 saturated heterocycles. The number of nitrogens with zero attached hydrogens (tertiary/aromatic N) is 1. The fourth-order valence-electron chi connectivity index (χ4n) is 3.35. The van der Waals surface area contributed by atoms with Crippen molar-refractivity contribution >= 4 is 0 Å². The minimum absolute atomic E-state index is 0.0565. The van der Waals surface area contributed by atoms with Gasteiger partial charge in [0.25, 0.3) is 0 Å². The Bertz CT molecular complexity index is 241. The zero-order valence-corrected chi connectivity index (χ0v) is 12.9. The van der Waals surface area contributed by atoms with E-state index in [9.17, 15) is 0 Å². The molecule has 1 aliphatic rings. The molecule has 2 unspecified atom stereocenters. The predicted octanol–water partition coefficient (Wildman–Crippen LogP) is 2.64. The SMILES string of the molecule is CCC(CC)N(CC(C)C)C1(CN)CCOC1C. The van der Waals surface area contributed by atoms with E-state index in [0.29, 0.717) is 18.5 Å². The number of nitrogens with two attached hydrogens (primary N) is 1. The molecule has 0 aliphatic carbocycles. The first kappa shape index (κ1) is 15.9. The molecule has 3 nitrogen and oxygen atoms in total. The third kappa shape index (κ3) is 3.06. The van der Waals surface area contributed by atoms with Gasteiger partial charge in [0.2, 0.25) is 0 Å². The van der Waals surface area contributed by atoms with Gasteiger partial charge < -0.3 is 10.5 Å². The lowest BCUT2D eigenvalue weighted by Gasteiger charge is -2.47. The van der Waals surface area contributed by atoms with Crippen molar-refractivity contribution in [2.75, 3.05) is 19.7 Å². The molecule has 0 spiro atoms. The Labute approximate surface area is 113 Å². The second-order valence-corrected chi connectivity index (χ2v) is 6.09. The van der Waals surface area contributed by atoms with Crippen LogP contribution in [0.25, 0.3) is 0 Å². The maximum Gasteiger partial charge on any atom is 0.0743 e. The van der Waals surface area contributed by atoms with Crippen molar-refractivity contribution in [3.05, 3.63) is 0 Å². The molecular formula is C15H32N2O. The summed E-state index contributed by atoms with van der Waals surface area (Å²) < 4.78 is 5.84. The van der Waals surface area contributed by atoms with E-state index >= 15 is 0 Å². The standard InChI is InChI=1S/C15H32N2O/c1-6-14(7-2)17(10-12(3)4)15(11-16)8-9-18-13(15)5/h12-14H,6-11,16H2,1-5H3. The number of rotatable bonds is 7. The maximum atomic E-state index is 6.16. The van der Waals surface area contributed by atoms with E-state index in [1.54, 1.807) is 0 Å². The number of hydrogen-bond acceptors (Lipinski definition) is 3. The van der Waals surface area contributed by atoms with Crippen molar-refractivity contribution in [1.29, 1.82) is 0 Å². The van der Waals surface area contributed by atoms with Crippen LogP contribution >= 0.6 is 0 Å². The Morgan fingerprint density at radius 2 is 1.94 bits per heavy atom. The molecule has 1 heterocycles. The van der Waals surface area contributed by atoms with Crippen LogP contribution in [0.2, 0.25) is 0 Å². The van der Waals surface area contributed by atoms with Crippen LogP contribution in [-0.4, -0.2) is 42.3 Å². The van der Waals surface area contributed by atoms with Crippen LogP contribution < -0.4 is 5.73 Å². The van der Waals surface area contributed by atoms with Gasteiger partial charge in [-0.1, -0.05) is 27.7 Å². The molecule has 108 valence electrons. The molecule has 18 heavy (non-hydrogen) atoms. The molecule has 1 fully saturated rings. The monoisotopic (exact) mass is 256 g/mol. The zero-order chi connectivity index (χ0) is 13.8. The Morgan fingerprint density at radius 1 is 1.33 bits per heavy atom. The van der Waals surface area contributed by atoms with Crippen molar-refractivity contribution in [3.8, 4) is 0 Å². The molecule has 3 heteroatoms. The minimum atomic E-state index is 0.0565. The molecular weight excluding hydrogens is 224 g/mol. The molecule has 2 atom stereocenters. The molecule has 0 amide bonds. The highest BCUT2D eigenvalue weighted by molar-refractivity contribution is 5.02. The van der Waals surface area contributed by atoms with Crippen LogP contribution in [0.3, 0.4) is 0 Å². The van der Waals surface area contributed by atoms with Gasteiger partial charge in [-0.3, -0.25) is 4.90 Å². The van der Waals surface area contributed by atoms with E-state index in [2.05, 4.69) is 39.5 Å². The van der Waals surface area contributed by atoms with E-state index in [0.717, 1.165) is 19.6 Å². The number of hydrogen-bond donors (Lipinski definition) is 1. The summed E-state index contributed by atoms with van der Waals surface area (Å²) in [4.78, 5) is 2.66. The van der Waals surface area contributed by atoms with Gasteiger partial charge in [0.05, 0.1) is 11.6 Å². The van der Waals surface area contributed by atoms with Gasteiger partial charge in [0, 0.05) is 25.7 Å². The topological polar surface area (TPSA) is 38.5 Å². The molecule has 0 saturated carbocycles. The van der Waals surface area contributed by atoms with Gasteiger partial charge in [0.15, 0.2) is 0 Å². The van der Waals surface area contributed by atoms with Crippen LogP contribution in [0.15, 0.2) is 0 Å². The van der Waals surface area contributed by atoms with E-state index in [-0.39, 0.29) is 11.6 Å². The Morgan fingerprint density at radius 3 is 2.28 bits per heavy atom. The smallest absolute Gasteiger partial charge is 0.0743 e. The quantitative estimate of drug-likeness (QED) is 0.761. The maximum absolute atomic E-state index is 6.16. The summed E-state index contributed by atoms with van der Waals surface area (Å²) in [5.74, 6) is 0.668. The lowest BCUT2D eigenvalue weighted by Crippen LogP contribution is -2.62. The Balaban J connectivity index is 2.98. The van der Waals surface area contributed by atoms with E-state index in [1.807, 2.05) is 0 Å². The summed E-state index contributed by atoms with van der Waals surface area (Å²) in [5.41, 5.74) is 6.22. The molecule has 0 aromatic rings. The van der Waals surface area contributed by atoms with Gasteiger partial charge in [-0.2, -0.15) is 0 Å². The van der Waals surface area contributed by atoms with Crippen molar-refractivity contribution in [1.82, 2.24) is 4.90 Å². The molecule has 1 aliphatic heterocycles. The van der Waals surface area contributed by atoms with Gasteiger partial charge >= 0.3 is 0 Å². The lowest BCUT2D eigenvalue weighted by atomic mass is 9.86.